The highest BCUT2D eigenvalue weighted by atomic mass is 15.3. The molecule has 0 saturated carbocycles. The monoisotopic (exact) mass is 378 g/mol. The SMILES string of the molecule is CCCCCCCN1C(N)=NC[C@@H]1CCCCN1CC(C(C)CC)NC1=N. The predicted octanol–water partition coefficient (Wildman–Crippen LogP) is 3.38. The molecule has 0 aromatic carbocycles. The third-order valence-electron chi connectivity index (χ3n) is 6.30. The van der Waals surface area contributed by atoms with Gasteiger partial charge in [0.2, 0.25) is 0 Å². The lowest BCUT2D eigenvalue weighted by Crippen LogP contribution is -2.41. The van der Waals surface area contributed by atoms with E-state index in [4.69, 9.17) is 11.1 Å². The van der Waals surface area contributed by atoms with Gasteiger partial charge in [0.15, 0.2) is 11.9 Å². The Kier molecular flexibility index (Phi) is 9.22. The van der Waals surface area contributed by atoms with Crippen molar-refractivity contribution in [2.45, 2.75) is 90.6 Å². The Morgan fingerprint density at radius 1 is 1.15 bits per heavy atom. The van der Waals surface area contributed by atoms with Crippen molar-refractivity contribution < 1.29 is 0 Å². The summed E-state index contributed by atoms with van der Waals surface area (Å²) in [6.07, 6.45) is 11.1. The van der Waals surface area contributed by atoms with Crippen molar-refractivity contribution in [1.82, 2.24) is 15.1 Å². The minimum absolute atomic E-state index is 0.439. The Morgan fingerprint density at radius 2 is 1.89 bits per heavy atom. The Bertz CT molecular complexity index is 477. The van der Waals surface area contributed by atoms with Gasteiger partial charge in [-0.1, -0.05) is 52.9 Å². The maximum absolute atomic E-state index is 8.16. The fourth-order valence-corrected chi connectivity index (χ4v) is 4.14. The van der Waals surface area contributed by atoms with Crippen LogP contribution in [0.3, 0.4) is 0 Å². The lowest BCUT2D eigenvalue weighted by atomic mass is 10.00. The lowest BCUT2D eigenvalue weighted by Gasteiger charge is -2.26. The van der Waals surface area contributed by atoms with Gasteiger partial charge >= 0.3 is 0 Å². The van der Waals surface area contributed by atoms with E-state index in [-0.39, 0.29) is 0 Å². The van der Waals surface area contributed by atoms with Crippen molar-refractivity contribution in [3.8, 4) is 0 Å². The van der Waals surface area contributed by atoms with Crippen molar-refractivity contribution in [2.24, 2.45) is 16.6 Å². The van der Waals surface area contributed by atoms with Crippen molar-refractivity contribution in [2.75, 3.05) is 26.2 Å². The molecule has 4 N–H and O–H groups in total. The summed E-state index contributed by atoms with van der Waals surface area (Å²) in [5.74, 6) is 1.99. The van der Waals surface area contributed by atoms with Crippen LogP contribution < -0.4 is 11.1 Å². The van der Waals surface area contributed by atoms with Gasteiger partial charge in [-0.05, 0) is 31.6 Å². The third-order valence-corrected chi connectivity index (χ3v) is 6.30. The van der Waals surface area contributed by atoms with Gasteiger partial charge in [-0.25, -0.2) is 0 Å². The second-order valence-corrected chi connectivity index (χ2v) is 8.39. The van der Waals surface area contributed by atoms with Crippen LogP contribution >= 0.6 is 0 Å². The highest BCUT2D eigenvalue weighted by Gasteiger charge is 2.29. The highest BCUT2D eigenvalue weighted by Crippen LogP contribution is 2.18. The second kappa shape index (κ2) is 11.4. The molecular weight excluding hydrogens is 336 g/mol. The summed E-state index contributed by atoms with van der Waals surface area (Å²) in [6, 6.07) is 0.925. The van der Waals surface area contributed by atoms with E-state index in [0.29, 0.717) is 24.0 Å². The molecule has 0 aromatic rings. The Hall–Kier alpha value is -1.46. The molecule has 27 heavy (non-hydrogen) atoms. The minimum Gasteiger partial charge on any atom is -0.370 e. The largest absolute Gasteiger partial charge is 0.370 e. The number of rotatable bonds is 13. The molecule has 2 aliphatic heterocycles. The normalized spacial score (nSPS) is 23.7. The van der Waals surface area contributed by atoms with E-state index in [2.05, 4.69) is 40.9 Å². The van der Waals surface area contributed by atoms with Crippen LogP contribution in [0.4, 0.5) is 0 Å². The van der Waals surface area contributed by atoms with Gasteiger partial charge in [0, 0.05) is 25.7 Å². The van der Waals surface area contributed by atoms with Crippen molar-refractivity contribution in [1.29, 1.82) is 5.41 Å². The summed E-state index contributed by atoms with van der Waals surface area (Å²) in [4.78, 5) is 9.03. The maximum atomic E-state index is 8.16. The summed E-state index contributed by atoms with van der Waals surface area (Å²) < 4.78 is 0. The number of nitrogens with zero attached hydrogens (tertiary/aromatic N) is 3. The zero-order valence-electron chi connectivity index (χ0n) is 17.8. The van der Waals surface area contributed by atoms with Crippen molar-refractivity contribution in [3.63, 3.8) is 0 Å². The number of nitrogens with two attached hydrogens (primary N) is 1. The molecular formula is C21H42N6. The molecule has 0 aromatic heterocycles. The van der Waals surface area contributed by atoms with E-state index in [9.17, 15) is 0 Å². The first-order valence-corrected chi connectivity index (χ1v) is 11.2. The van der Waals surface area contributed by atoms with Gasteiger partial charge in [0.25, 0.3) is 0 Å². The molecule has 0 radical (unpaired) electrons. The number of unbranched alkanes of at least 4 members (excludes halogenated alkanes) is 5. The van der Waals surface area contributed by atoms with Gasteiger partial charge in [-0.15, -0.1) is 0 Å². The molecule has 0 spiro atoms. The second-order valence-electron chi connectivity index (χ2n) is 8.39. The fraction of sp³-hybridized carbons (Fsp3) is 0.905. The van der Waals surface area contributed by atoms with Crippen LogP contribution in [0.25, 0.3) is 0 Å². The molecule has 1 fully saturated rings. The predicted molar refractivity (Wildman–Crippen MR) is 115 cm³/mol. The smallest absolute Gasteiger partial charge is 0.191 e. The quantitative estimate of drug-likeness (QED) is 0.429. The molecule has 6 nitrogen and oxygen atoms in total. The van der Waals surface area contributed by atoms with E-state index < -0.39 is 0 Å². The van der Waals surface area contributed by atoms with E-state index >= 15 is 0 Å². The van der Waals surface area contributed by atoms with Crippen molar-refractivity contribution >= 4 is 11.9 Å². The van der Waals surface area contributed by atoms with Crippen LogP contribution in [-0.4, -0.2) is 60.0 Å². The summed E-state index contributed by atoms with van der Waals surface area (Å²) >= 11 is 0. The number of hydrogen-bond donors (Lipinski definition) is 3. The standard InChI is InChI=1S/C21H42N6/c1-4-6-7-8-10-14-27-18(15-24-20(27)22)12-9-11-13-26-16-19(17(3)5-2)25-21(26)23/h17-19H,4-16H2,1-3H3,(H2,22,24)(H2,23,25)/t17?,18-,19?/m0/s1. The van der Waals surface area contributed by atoms with E-state index in [1.807, 2.05) is 0 Å². The summed E-state index contributed by atoms with van der Waals surface area (Å²) in [7, 11) is 0. The molecule has 2 rings (SSSR count). The fourth-order valence-electron chi connectivity index (χ4n) is 4.14. The zero-order chi connectivity index (χ0) is 19.6. The number of guanidine groups is 2. The van der Waals surface area contributed by atoms with Gasteiger partial charge in [-0.3, -0.25) is 10.4 Å². The van der Waals surface area contributed by atoms with E-state index in [1.165, 1.54) is 38.5 Å². The third kappa shape index (κ3) is 6.58. The minimum atomic E-state index is 0.439. The van der Waals surface area contributed by atoms with Crippen molar-refractivity contribution in [3.05, 3.63) is 0 Å². The number of hydrogen-bond acceptors (Lipinski definition) is 4. The molecule has 1 saturated heterocycles. The van der Waals surface area contributed by atoms with E-state index in [1.54, 1.807) is 0 Å². The molecule has 156 valence electrons. The maximum Gasteiger partial charge on any atom is 0.191 e. The van der Waals surface area contributed by atoms with Gasteiger partial charge in [0.1, 0.15) is 0 Å². The Balaban J connectivity index is 1.63. The van der Waals surface area contributed by atoms with Crippen LogP contribution in [-0.2, 0) is 0 Å². The summed E-state index contributed by atoms with van der Waals surface area (Å²) in [5.41, 5.74) is 6.12. The van der Waals surface area contributed by atoms with E-state index in [0.717, 1.165) is 51.4 Å². The van der Waals surface area contributed by atoms with Gasteiger partial charge in [0.05, 0.1) is 12.6 Å². The van der Waals surface area contributed by atoms with Crippen LogP contribution in [0.2, 0.25) is 0 Å². The number of nitrogens with one attached hydrogen (secondary N) is 2. The van der Waals surface area contributed by atoms with Gasteiger partial charge < -0.3 is 20.9 Å². The Labute approximate surface area is 166 Å². The summed E-state index contributed by atoms with van der Waals surface area (Å²) in [5, 5.41) is 11.5. The molecule has 3 atom stereocenters. The first-order valence-electron chi connectivity index (χ1n) is 11.2. The molecule has 6 heteroatoms. The number of aliphatic imine (C=N–C) groups is 1. The molecule has 2 heterocycles. The molecule has 2 aliphatic rings. The van der Waals surface area contributed by atoms with Crippen LogP contribution in [0, 0.1) is 11.3 Å². The lowest BCUT2D eigenvalue weighted by molar-refractivity contribution is 0.301. The van der Waals surface area contributed by atoms with Crippen LogP contribution in [0.5, 0.6) is 0 Å². The Morgan fingerprint density at radius 3 is 2.63 bits per heavy atom. The highest BCUT2D eigenvalue weighted by molar-refractivity contribution is 5.80. The topological polar surface area (TPSA) is 80.7 Å². The van der Waals surface area contributed by atoms with Crippen LogP contribution in [0.1, 0.15) is 78.6 Å². The molecule has 0 amide bonds. The summed E-state index contributed by atoms with van der Waals surface area (Å²) in [6.45, 7) is 10.6. The average molecular weight is 379 g/mol. The van der Waals surface area contributed by atoms with Crippen LogP contribution in [0.15, 0.2) is 4.99 Å². The average Bonchev–Trinajstić information content (AvgIpc) is 3.21. The molecule has 0 aliphatic carbocycles. The van der Waals surface area contributed by atoms with Gasteiger partial charge in [-0.2, -0.15) is 0 Å². The zero-order valence-corrected chi connectivity index (χ0v) is 17.8. The first-order chi connectivity index (χ1) is 13.1. The molecule has 2 unspecified atom stereocenters. The first kappa shape index (κ1) is 21.8. The molecule has 0 bridgehead atoms.